The minimum absolute atomic E-state index is 0.285. The Morgan fingerprint density at radius 3 is 2.59 bits per heavy atom. The molecule has 1 N–H and O–H groups in total. The number of rotatable bonds is 5. The topological polar surface area (TPSA) is 65.3 Å². The molecule has 0 unspecified atom stereocenters. The summed E-state index contributed by atoms with van der Waals surface area (Å²) in [4.78, 5) is 28.3. The fourth-order valence-electron chi connectivity index (χ4n) is 1.36. The Bertz CT molecular complexity index is 488. The first-order valence-corrected chi connectivity index (χ1v) is 5.53. The lowest BCUT2D eigenvalue weighted by Crippen LogP contribution is -2.39. The van der Waals surface area contributed by atoms with E-state index in [0.29, 0.717) is 18.1 Å². The van der Waals surface area contributed by atoms with E-state index in [0.717, 1.165) is 4.57 Å². The summed E-state index contributed by atoms with van der Waals surface area (Å²) < 4.78 is 2.46. The van der Waals surface area contributed by atoms with Gasteiger partial charge < -0.3 is 9.40 Å². The summed E-state index contributed by atoms with van der Waals surface area (Å²) in [6.07, 6.45) is 1.52. The van der Waals surface area contributed by atoms with Crippen LogP contribution in [-0.2, 0) is 25.5 Å². The van der Waals surface area contributed by atoms with Crippen molar-refractivity contribution in [2.45, 2.75) is 20.4 Å². The SMILES string of the molecule is CC(C)CONCc1cn(C)c(=O)n(C)c1=O. The van der Waals surface area contributed by atoms with Crippen LogP contribution < -0.4 is 16.7 Å². The number of hydrogen-bond acceptors (Lipinski definition) is 4. The Hall–Kier alpha value is -1.40. The van der Waals surface area contributed by atoms with E-state index in [9.17, 15) is 9.59 Å². The maximum Gasteiger partial charge on any atom is 0.330 e. The van der Waals surface area contributed by atoms with Gasteiger partial charge in [0.05, 0.1) is 18.7 Å². The summed E-state index contributed by atoms with van der Waals surface area (Å²) in [5.74, 6) is 0.422. The lowest BCUT2D eigenvalue weighted by atomic mass is 10.2. The van der Waals surface area contributed by atoms with E-state index in [1.807, 2.05) is 13.8 Å². The molecule has 0 spiro atoms. The summed E-state index contributed by atoms with van der Waals surface area (Å²) in [5.41, 5.74) is 2.59. The molecule has 0 saturated heterocycles. The Morgan fingerprint density at radius 2 is 2.00 bits per heavy atom. The molecule has 6 nitrogen and oxygen atoms in total. The van der Waals surface area contributed by atoms with E-state index >= 15 is 0 Å². The molecule has 1 heterocycles. The molecule has 1 aromatic rings. The number of aryl methyl sites for hydroxylation is 1. The Labute approximate surface area is 99.8 Å². The summed E-state index contributed by atoms with van der Waals surface area (Å²) in [6.45, 7) is 4.93. The van der Waals surface area contributed by atoms with Crippen LogP contribution in [0.25, 0.3) is 0 Å². The molecule has 0 atom stereocenters. The van der Waals surface area contributed by atoms with E-state index in [4.69, 9.17) is 4.84 Å². The maximum atomic E-state index is 11.7. The molecule has 0 amide bonds. The van der Waals surface area contributed by atoms with Crippen molar-refractivity contribution in [2.75, 3.05) is 6.61 Å². The van der Waals surface area contributed by atoms with Gasteiger partial charge in [0.15, 0.2) is 0 Å². The van der Waals surface area contributed by atoms with Crippen LogP contribution in [0.4, 0.5) is 0 Å². The maximum absolute atomic E-state index is 11.7. The first kappa shape index (κ1) is 13.7. The van der Waals surface area contributed by atoms with Crippen molar-refractivity contribution in [2.24, 2.45) is 20.0 Å². The zero-order chi connectivity index (χ0) is 13.0. The molecule has 0 aliphatic carbocycles. The molecule has 96 valence electrons. The number of hydrogen-bond donors (Lipinski definition) is 1. The van der Waals surface area contributed by atoms with Crippen molar-refractivity contribution in [1.82, 2.24) is 14.6 Å². The molecule has 0 aromatic carbocycles. The van der Waals surface area contributed by atoms with Gasteiger partial charge in [-0.1, -0.05) is 13.8 Å². The van der Waals surface area contributed by atoms with Gasteiger partial charge in [0.25, 0.3) is 5.56 Å². The summed E-state index contributed by atoms with van der Waals surface area (Å²) >= 11 is 0. The first-order chi connectivity index (χ1) is 7.93. The second-order valence-corrected chi connectivity index (χ2v) is 4.44. The molecule has 1 rings (SSSR count). The van der Waals surface area contributed by atoms with Gasteiger partial charge in [-0.2, -0.15) is 5.48 Å². The molecule has 6 heteroatoms. The minimum atomic E-state index is -0.332. The van der Waals surface area contributed by atoms with E-state index < -0.39 is 0 Å². The van der Waals surface area contributed by atoms with E-state index in [1.165, 1.54) is 17.8 Å². The average molecular weight is 241 g/mol. The van der Waals surface area contributed by atoms with E-state index in [-0.39, 0.29) is 17.8 Å². The number of hydroxylamine groups is 1. The van der Waals surface area contributed by atoms with E-state index in [2.05, 4.69) is 5.48 Å². The third-order valence-corrected chi connectivity index (χ3v) is 2.30. The number of aromatic nitrogens is 2. The Morgan fingerprint density at radius 1 is 1.35 bits per heavy atom. The molecule has 0 aliphatic heterocycles. The lowest BCUT2D eigenvalue weighted by molar-refractivity contribution is 0.0193. The minimum Gasteiger partial charge on any atom is -0.303 e. The van der Waals surface area contributed by atoms with Gasteiger partial charge in [0.1, 0.15) is 0 Å². The largest absolute Gasteiger partial charge is 0.330 e. The molecule has 0 saturated carbocycles. The average Bonchev–Trinajstić information content (AvgIpc) is 2.27. The highest BCUT2D eigenvalue weighted by Gasteiger charge is 2.06. The van der Waals surface area contributed by atoms with Crippen LogP contribution in [0.1, 0.15) is 19.4 Å². The first-order valence-electron chi connectivity index (χ1n) is 5.53. The molecule has 1 aromatic heterocycles. The molecule has 0 radical (unpaired) electrons. The molecule has 0 fully saturated rings. The van der Waals surface area contributed by atoms with Crippen molar-refractivity contribution in [3.8, 4) is 0 Å². The van der Waals surface area contributed by atoms with Gasteiger partial charge in [-0.15, -0.1) is 0 Å². The van der Waals surface area contributed by atoms with Gasteiger partial charge in [-0.3, -0.25) is 9.36 Å². The third-order valence-electron chi connectivity index (χ3n) is 2.30. The van der Waals surface area contributed by atoms with Gasteiger partial charge in [-0.25, -0.2) is 4.79 Å². The second-order valence-electron chi connectivity index (χ2n) is 4.44. The highest BCUT2D eigenvalue weighted by atomic mass is 16.6. The van der Waals surface area contributed by atoms with Crippen molar-refractivity contribution in [1.29, 1.82) is 0 Å². The van der Waals surface area contributed by atoms with E-state index in [1.54, 1.807) is 7.05 Å². The van der Waals surface area contributed by atoms with Gasteiger partial charge in [0, 0.05) is 20.3 Å². The van der Waals surface area contributed by atoms with Crippen LogP contribution in [0.3, 0.4) is 0 Å². The summed E-state index contributed by atoms with van der Waals surface area (Å²) in [7, 11) is 3.07. The second kappa shape index (κ2) is 5.79. The highest BCUT2D eigenvalue weighted by molar-refractivity contribution is 5.04. The molecule has 17 heavy (non-hydrogen) atoms. The van der Waals surface area contributed by atoms with Crippen molar-refractivity contribution >= 4 is 0 Å². The van der Waals surface area contributed by atoms with Gasteiger partial charge in [-0.05, 0) is 5.92 Å². The normalized spacial score (nSPS) is 11.1. The van der Waals surface area contributed by atoms with Gasteiger partial charge in [0.2, 0.25) is 0 Å². The highest BCUT2D eigenvalue weighted by Crippen LogP contribution is 1.91. The zero-order valence-electron chi connectivity index (χ0n) is 10.7. The lowest BCUT2D eigenvalue weighted by Gasteiger charge is -2.09. The van der Waals surface area contributed by atoms with Crippen LogP contribution in [0.5, 0.6) is 0 Å². The fraction of sp³-hybridized carbons (Fsp3) is 0.636. The van der Waals surface area contributed by atoms with Gasteiger partial charge >= 0.3 is 5.69 Å². The quantitative estimate of drug-likeness (QED) is 0.571. The smallest absolute Gasteiger partial charge is 0.303 e. The summed E-state index contributed by atoms with van der Waals surface area (Å²) in [6, 6.07) is 0. The fourth-order valence-corrected chi connectivity index (χ4v) is 1.36. The zero-order valence-corrected chi connectivity index (χ0v) is 10.7. The van der Waals surface area contributed by atoms with Crippen molar-refractivity contribution < 1.29 is 4.84 Å². The van der Waals surface area contributed by atoms with Crippen LogP contribution >= 0.6 is 0 Å². The standard InChI is InChI=1S/C11H19N3O3/c1-8(2)7-17-12-5-9-6-13(3)11(16)14(4)10(9)15/h6,8,12H,5,7H2,1-4H3. The van der Waals surface area contributed by atoms with Crippen LogP contribution in [0.2, 0.25) is 0 Å². The van der Waals surface area contributed by atoms with Crippen molar-refractivity contribution in [3.05, 3.63) is 32.6 Å². The third kappa shape index (κ3) is 3.54. The summed E-state index contributed by atoms with van der Waals surface area (Å²) in [5, 5.41) is 0. The number of nitrogens with one attached hydrogen (secondary N) is 1. The molecular weight excluding hydrogens is 222 g/mol. The monoisotopic (exact) mass is 241 g/mol. The number of nitrogens with zero attached hydrogens (tertiary/aromatic N) is 2. The predicted octanol–water partition coefficient (Wildman–Crippen LogP) is -0.239. The predicted molar refractivity (Wildman–Crippen MR) is 64.6 cm³/mol. The van der Waals surface area contributed by atoms with Crippen LogP contribution in [0.15, 0.2) is 15.8 Å². The Kier molecular flexibility index (Phi) is 4.65. The molecule has 0 aliphatic rings. The molecule has 0 bridgehead atoms. The van der Waals surface area contributed by atoms with Crippen molar-refractivity contribution in [3.63, 3.8) is 0 Å². The Balaban J connectivity index is 2.73. The van der Waals surface area contributed by atoms with Crippen LogP contribution in [-0.4, -0.2) is 15.7 Å². The molecular formula is C11H19N3O3. The van der Waals surface area contributed by atoms with Crippen LogP contribution in [0, 0.1) is 5.92 Å².